The second kappa shape index (κ2) is 14.5. The molecule has 5 aromatic rings. The molecule has 2 aromatic carbocycles. The number of hydrogen-bond acceptors (Lipinski definition) is 9. The molecule has 0 aliphatic rings. The van der Waals surface area contributed by atoms with E-state index < -0.39 is 105 Å². The highest BCUT2D eigenvalue weighted by molar-refractivity contribution is 7.92. The molecule has 0 fully saturated rings. The fourth-order valence-corrected chi connectivity index (χ4v) is 6.74. The van der Waals surface area contributed by atoms with Crippen LogP contribution in [-0.2, 0) is 28.3 Å². The lowest BCUT2D eigenvalue weighted by molar-refractivity contribution is -0.358. The molecule has 25 heteroatoms. The zero-order valence-corrected chi connectivity index (χ0v) is 29.9. The highest BCUT2D eigenvalue weighted by Crippen LogP contribution is 2.46. The Hall–Kier alpha value is -5.65. The van der Waals surface area contributed by atoms with E-state index in [1.54, 1.807) is 0 Å². The number of fused-ring (bicyclic) bond motifs is 2. The van der Waals surface area contributed by atoms with Gasteiger partial charge < -0.3 is 15.2 Å². The van der Waals surface area contributed by atoms with Gasteiger partial charge in [0.1, 0.15) is 17.5 Å². The normalized spacial score (nSPS) is 13.2. The van der Waals surface area contributed by atoms with Gasteiger partial charge in [0.2, 0.25) is 21.8 Å². The van der Waals surface area contributed by atoms with Crippen LogP contribution in [0.2, 0.25) is 5.02 Å². The number of nitrogens with zero attached hydrogens (tertiary/aromatic N) is 6. The molecule has 300 valence electrons. The number of ether oxygens (including phenoxy) is 1. The van der Waals surface area contributed by atoms with E-state index in [-0.39, 0.29) is 27.2 Å². The third-order valence-electron chi connectivity index (χ3n) is 7.87. The number of halogens is 10. The maximum atomic E-state index is 14.4. The monoisotopic (exact) mass is 843 g/mol. The van der Waals surface area contributed by atoms with Crippen molar-refractivity contribution in [3.05, 3.63) is 80.9 Å². The number of hydrogen-bond donors (Lipinski definition) is 2. The van der Waals surface area contributed by atoms with Crippen LogP contribution >= 0.6 is 11.6 Å². The number of pyridine rings is 1. The summed E-state index contributed by atoms with van der Waals surface area (Å²) in [6.45, 7) is -1.66. The quantitative estimate of drug-likeness (QED) is 0.157. The first kappa shape index (κ1) is 41.5. The van der Waals surface area contributed by atoms with E-state index in [1.165, 1.54) is 13.1 Å². The number of benzene rings is 2. The molecule has 0 aliphatic heterocycles. The number of aromatic nitrogens is 5. The number of carbonyl (C=O) groups excluding carboxylic acids is 1. The van der Waals surface area contributed by atoms with Crippen molar-refractivity contribution in [1.82, 2.24) is 29.6 Å². The standard InChI is InChI=1S/C31H23ClF9N7O7S/c1-13(49)48(56(3,53)54)26-22-18(32)5-6-20(23(22)46(2)45-26)47-25(19(42-28(51)52)10-14-8-15(33)11-16(34)9-14)44-24-17(27(47)50)4-7-21(43-24)55-12-29(35,36)30(37,38)31(39,40)41/h4-9,11,19,42H,10,12H2,1-3H3,(H,51,52). The van der Waals surface area contributed by atoms with Crippen molar-refractivity contribution in [2.24, 2.45) is 7.05 Å². The van der Waals surface area contributed by atoms with Crippen LogP contribution in [0.4, 0.5) is 50.1 Å². The summed E-state index contributed by atoms with van der Waals surface area (Å²) in [6.07, 6.45) is -8.45. The molecular weight excluding hydrogens is 821 g/mol. The number of nitrogens with one attached hydrogen (secondary N) is 1. The molecule has 0 aliphatic carbocycles. The summed E-state index contributed by atoms with van der Waals surface area (Å²) >= 11 is 6.47. The number of alkyl halides is 7. The van der Waals surface area contributed by atoms with Gasteiger partial charge in [-0.2, -0.15) is 45.1 Å². The van der Waals surface area contributed by atoms with Crippen molar-refractivity contribution in [3.63, 3.8) is 0 Å². The molecule has 2 N–H and O–H groups in total. The van der Waals surface area contributed by atoms with E-state index in [4.69, 9.17) is 11.6 Å². The largest absolute Gasteiger partial charge is 0.471 e. The number of aryl methyl sites for hydroxylation is 1. The van der Waals surface area contributed by atoms with E-state index in [2.05, 4.69) is 19.8 Å². The molecule has 2 amide bonds. The number of carboxylic acid groups (broad SMARTS) is 1. The molecule has 0 saturated carbocycles. The summed E-state index contributed by atoms with van der Waals surface area (Å²) in [7, 11) is -3.12. The summed E-state index contributed by atoms with van der Waals surface area (Å²) < 4.78 is 153. The van der Waals surface area contributed by atoms with Gasteiger partial charge in [-0.15, -0.1) is 0 Å². The number of anilines is 1. The Morgan fingerprint density at radius 2 is 1.64 bits per heavy atom. The van der Waals surface area contributed by atoms with Crippen LogP contribution in [0.25, 0.3) is 27.6 Å². The average Bonchev–Trinajstić information content (AvgIpc) is 3.38. The van der Waals surface area contributed by atoms with Crippen LogP contribution in [0.5, 0.6) is 5.88 Å². The lowest BCUT2D eigenvalue weighted by Crippen LogP contribution is -2.54. The topological polar surface area (TPSA) is 179 Å². The fourth-order valence-electron chi connectivity index (χ4n) is 5.60. The van der Waals surface area contributed by atoms with Crippen LogP contribution in [0.15, 0.2) is 47.3 Å². The van der Waals surface area contributed by atoms with E-state index in [0.717, 1.165) is 40.4 Å². The Bertz CT molecular complexity index is 2560. The van der Waals surface area contributed by atoms with Gasteiger partial charge in [-0.05, 0) is 35.9 Å². The molecular formula is C31H23ClF9N7O7S. The first-order valence-corrected chi connectivity index (χ1v) is 17.5. The summed E-state index contributed by atoms with van der Waals surface area (Å²) in [6, 6.07) is 4.08. The molecule has 5 rings (SSSR count). The molecule has 0 radical (unpaired) electrons. The predicted molar refractivity (Wildman–Crippen MR) is 178 cm³/mol. The number of carbonyl (C=O) groups is 2. The van der Waals surface area contributed by atoms with Gasteiger partial charge in [0.15, 0.2) is 18.1 Å². The van der Waals surface area contributed by atoms with Gasteiger partial charge in [-0.1, -0.05) is 11.6 Å². The molecule has 56 heavy (non-hydrogen) atoms. The highest BCUT2D eigenvalue weighted by Gasteiger charge is 2.73. The Morgan fingerprint density at radius 1 is 1.02 bits per heavy atom. The molecule has 0 saturated heterocycles. The maximum absolute atomic E-state index is 14.4. The third-order valence-corrected chi connectivity index (χ3v) is 9.28. The van der Waals surface area contributed by atoms with E-state index in [1.807, 2.05) is 5.32 Å². The number of rotatable bonds is 11. The number of sulfonamides is 1. The Kier molecular flexibility index (Phi) is 10.7. The lowest BCUT2D eigenvalue weighted by atomic mass is 10.0. The van der Waals surface area contributed by atoms with Crippen molar-refractivity contribution >= 4 is 61.4 Å². The Balaban J connectivity index is 1.81. The van der Waals surface area contributed by atoms with E-state index >= 15 is 0 Å². The molecule has 1 atom stereocenters. The first-order chi connectivity index (χ1) is 25.7. The Labute approximate surface area is 312 Å². The maximum Gasteiger partial charge on any atom is 0.460 e. The van der Waals surface area contributed by atoms with Crippen LogP contribution < -0.4 is 19.9 Å². The summed E-state index contributed by atoms with van der Waals surface area (Å²) in [5, 5.41) is 15.0. The zero-order chi connectivity index (χ0) is 41.9. The molecule has 0 bridgehead atoms. The predicted octanol–water partition coefficient (Wildman–Crippen LogP) is 5.67. The number of amides is 2. The van der Waals surface area contributed by atoms with Gasteiger partial charge in [0, 0.05) is 32.5 Å². The molecule has 3 aromatic heterocycles. The van der Waals surface area contributed by atoms with Gasteiger partial charge in [0.25, 0.3) is 5.56 Å². The van der Waals surface area contributed by atoms with Gasteiger partial charge >= 0.3 is 24.1 Å². The van der Waals surface area contributed by atoms with Crippen LogP contribution in [0.1, 0.15) is 24.4 Å². The van der Waals surface area contributed by atoms with Crippen molar-refractivity contribution in [1.29, 1.82) is 0 Å². The second-order valence-electron chi connectivity index (χ2n) is 12.0. The van der Waals surface area contributed by atoms with Crippen LogP contribution in [-0.4, -0.2) is 80.7 Å². The zero-order valence-electron chi connectivity index (χ0n) is 28.3. The minimum Gasteiger partial charge on any atom is -0.471 e. The van der Waals surface area contributed by atoms with Crippen molar-refractivity contribution in [2.45, 2.75) is 37.4 Å². The van der Waals surface area contributed by atoms with Crippen molar-refractivity contribution in [3.8, 4) is 11.6 Å². The first-order valence-electron chi connectivity index (χ1n) is 15.2. The van der Waals surface area contributed by atoms with Crippen molar-refractivity contribution in [2.75, 3.05) is 17.2 Å². The molecule has 1 unspecified atom stereocenters. The minimum absolute atomic E-state index is 0.182. The van der Waals surface area contributed by atoms with E-state index in [0.29, 0.717) is 22.7 Å². The second-order valence-corrected chi connectivity index (χ2v) is 14.2. The van der Waals surface area contributed by atoms with E-state index in [9.17, 15) is 67.4 Å². The molecule has 3 heterocycles. The SMILES string of the molecule is CC(=O)N(c1nn(C)c2c(-n3c(C(Cc4cc(F)cc(F)c4)NC(=O)O)nc4nc(OCC(F)(F)C(F)(F)C(F)(F)F)ccc4c3=O)ccc(Cl)c12)S(C)(=O)=O. The summed E-state index contributed by atoms with van der Waals surface area (Å²) in [5.41, 5.74) is -2.62. The van der Waals surface area contributed by atoms with Gasteiger partial charge in [-0.25, -0.2) is 27.0 Å². The molecule has 0 spiro atoms. The van der Waals surface area contributed by atoms with Crippen molar-refractivity contribution < 1.29 is 67.4 Å². The summed E-state index contributed by atoms with van der Waals surface area (Å²) in [5.74, 6) is -17.8. The lowest BCUT2D eigenvalue weighted by Gasteiger charge is -2.27. The highest BCUT2D eigenvalue weighted by atomic mass is 35.5. The molecule has 14 nitrogen and oxygen atoms in total. The third kappa shape index (κ3) is 7.74. The van der Waals surface area contributed by atoms with Crippen LogP contribution in [0.3, 0.4) is 0 Å². The van der Waals surface area contributed by atoms with Gasteiger partial charge in [-0.3, -0.25) is 18.8 Å². The van der Waals surface area contributed by atoms with Crippen LogP contribution in [0, 0.1) is 11.6 Å². The fraction of sp³-hybridized carbons (Fsp3) is 0.290. The van der Waals surface area contributed by atoms with Gasteiger partial charge in [0.05, 0.1) is 39.3 Å². The Morgan fingerprint density at radius 3 is 2.20 bits per heavy atom. The minimum atomic E-state index is -6.67. The smallest absolute Gasteiger partial charge is 0.460 e. The summed E-state index contributed by atoms with van der Waals surface area (Å²) in [4.78, 5) is 46.9. The average molecular weight is 844 g/mol.